The van der Waals surface area contributed by atoms with Crippen molar-refractivity contribution in [3.05, 3.63) is 76.9 Å². The van der Waals surface area contributed by atoms with Crippen molar-refractivity contribution >= 4 is 11.9 Å². The maximum Gasteiger partial charge on any atom is 0.173 e. The van der Waals surface area contributed by atoms with Crippen LogP contribution in [0.1, 0.15) is 41.9 Å². The third-order valence-corrected chi connectivity index (χ3v) is 5.58. The number of benzene rings is 2. The van der Waals surface area contributed by atoms with Crippen LogP contribution < -0.4 is 10.6 Å². The fourth-order valence-electron chi connectivity index (χ4n) is 4.14. The van der Waals surface area contributed by atoms with Crippen LogP contribution >= 0.6 is 0 Å². The van der Waals surface area contributed by atoms with Crippen molar-refractivity contribution in [1.82, 2.24) is 15.5 Å². The topological polar surface area (TPSA) is 39.7 Å². The Balaban J connectivity index is 1.47. The fraction of sp³-hybridized carbons (Fsp3) is 0.375. The highest BCUT2D eigenvalue weighted by atomic mass is 15.3. The minimum atomic E-state index is -0.0422. The molecule has 1 heterocycles. The van der Waals surface area contributed by atoms with E-state index >= 15 is 0 Å². The van der Waals surface area contributed by atoms with Crippen LogP contribution in [-0.4, -0.2) is 44.6 Å². The largest absolute Gasteiger partial charge is 0.351 e. The van der Waals surface area contributed by atoms with Crippen LogP contribution in [0.4, 0.5) is 0 Å². The van der Waals surface area contributed by atoms with Gasteiger partial charge in [0.05, 0.1) is 0 Å². The molecule has 4 rings (SSSR count). The Kier molecular flexibility index (Phi) is 5.89. The maximum atomic E-state index is 4.73. The number of rotatable bonds is 7. The Morgan fingerprint density at radius 1 is 1.04 bits per heavy atom. The minimum absolute atomic E-state index is 0.0422. The summed E-state index contributed by atoms with van der Waals surface area (Å²) < 4.78 is 0. The van der Waals surface area contributed by atoms with E-state index in [4.69, 9.17) is 4.99 Å². The molecule has 0 aromatic heterocycles. The van der Waals surface area contributed by atoms with Crippen LogP contribution in [0.15, 0.2) is 65.2 Å². The van der Waals surface area contributed by atoms with E-state index < -0.39 is 0 Å². The highest BCUT2D eigenvalue weighted by Gasteiger charge is 2.29. The number of hydrogen-bond donors (Lipinski definition) is 2. The van der Waals surface area contributed by atoms with Gasteiger partial charge < -0.3 is 10.2 Å². The van der Waals surface area contributed by atoms with Gasteiger partial charge in [-0.3, -0.25) is 10.3 Å². The molecule has 1 aliphatic heterocycles. The van der Waals surface area contributed by atoms with Gasteiger partial charge in [-0.1, -0.05) is 54.6 Å². The zero-order valence-electron chi connectivity index (χ0n) is 16.9. The first-order valence-corrected chi connectivity index (χ1v) is 10.3. The molecular weight excluding hydrogens is 344 g/mol. The average Bonchev–Trinajstić information content (AvgIpc) is 2.73. The smallest absolute Gasteiger partial charge is 0.173 e. The summed E-state index contributed by atoms with van der Waals surface area (Å²) in [4.78, 5) is 6.96. The lowest BCUT2D eigenvalue weighted by molar-refractivity contribution is 0.385. The van der Waals surface area contributed by atoms with Gasteiger partial charge in [0.25, 0.3) is 0 Å². The van der Waals surface area contributed by atoms with Crippen molar-refractivity contribution in [1.29, 1.82) is 0 Å². The first-order chi connectivity index (χ1) is 13.7. The summed E-state index contributed by atoms with van der Waals surface area (Å²) in [6, 6.07) is 19.6. The van der Waals surface area contributed by atoms with Crippen molar-refractivity contribution in [2.24, 2.45) is 4.99 Å². The summed E-state index contributed by atoms with van der Waals surface area (Å²) >= 11 is 0. The standard InChI is InChI=1S/C24H30N4/c1-28(2)15-9-8-14-25-24-26-17-19-16-22(18-10-4-3-5-11-18)20-12-6-7-13-21(20)23(19)27-24/h3-7,10-13,17,22,24-25,27H,8-9,14-16H2,1-2H3. The third-order valence-electron chi connectivity index (χ3n) is 5.58. The molecule has 2 unspecified atom stereocenters. The number of fused-ring (bicyclic) bond motifs is 2. The number of nitrogens with one attached hydrogen (secondary N) is 2. The first kappa shape index (κ1) is 18.9. The summed E-state index contributed by atoms with van der Waals surface area (Å²) in [5, 5.41) is 7.18. The minimum Gasteiger partial charge on any atom is -0.351 e. The van der Waals surface area contributed by atoms with E-state index in [2.05, 4.69) is 90.4 Å². The monoisotopic (exact) mass is 374 g/mol. The molecule has 28 heavy (non-hydrogen) atoms. The van der Waals surface area contributed by atoms with Crippen molar-refractivity contribution in [3.8, 4) is 0 Å². The molecule has 0 bridgehead atoms. The van der Waals surface area contributed by atoms with Crippen molar-refractivity contribution in [2.75, 3.05) is 27.2 Å². The molecule has 146 valence electrons. The SMILES string of the molecule is CN(C)CCCCNC1N=CC2=C(N1)c1ccccc1C(c1ccccc1)C2. The molecule has 4 heteroatoms. The normalized spacial score (nSPS) is 20.7. The lowest BCUT2D eigenvalue weighted by Gasteiger charge is -2.33. The molecule has 0 radical (unpaired) electrons. The molecule has 2 aromatic rings. The quantitative estimate of drug-likeness (QED) is 0.724. The Hall–Kier alpha value is -2.43. The van der Waals surface area contributed by atoms with Crippen molar-refractivity contribution < 1.29 is 0 Å². The summed E-state index contributed by atoms with van der Waals surface area (Å²) in [5.41, 5.74) is 6.63. The highest BCUT2D eigenvalue weighted by Crippen LogP contribution is 2.41. The average molecular weight is 375 g/mol. The molecule has 2 aliphatic rings. The zero-order chi connectivity index (χ0) is 19.3. The van der Waals surface area contributed by atoms with Gasteiger partial charge in [0.1, 0.15) is 0 Å². The van der Waals surface area contributed by atoms with E-state index in [1.807, 2.05) is 0 Å². The van der Waals surface area contributed by atoms with Gasteiger partial charge in [0.2, 0.25) is 0 Å². The number of unbranched alkanes of at least 4 members (excludes halogenated alkanes) is 1. The molecule has 2 aromatic carbocycles. The molecule has 0 saturated heterocycles. The van der Waals surface area contributed by atoms with Gasteiger partial charge in [-0.15, -0.1) is 0 Å². The Bertz CT molecular complexity index is 854. The fourth-order valence-corrected chi connectivity index (χ4v) is 4.14. The third kappa shape index (κ3) is 4.18. The van der Waals surface area contributed by atoms with E-state index in [-0.39, 0.29) is 6.29 Å². The predicted molar refractivity (Wildman–Crippen MR) is 117 cm³/mol. The van der Waals surface area contributed by atoms with E-state index in [1.54, 1.807) is 0 Å². The van der Waals surface area contributed by atoms with Crippen LogP contribution in [0.5, 0.6) is 0 Å². The maximum absolute atomic E-state index is 4.73. The summed E-state index contributed by atoms with van der Waals surface area (Å²) in [5.74, 6) is 0.389. The van der Waals surface area contributed by atoms with Crippen LogP contribution in [0.3, 0.4) is 0 Å². The summed E-state index contributed by atoms with van der Waals surface area (Å²) in [6.45, 7) is 2.10. The zero-order valence-corrected chi connectivity index (χ0v) is 16.9. The van der Waals surface area contributed by atoms with E-state index in [0.29, 0.717) is 5.92 Å². The van der Waals surface area contributed by atoms with Crippen molar-refractivity contribution in [2.45, 2.75) is 31.5 Å². The Morgan fingerprint density at radius 2 is 1.82 bits per heavy atom. The van der Waals surface area contributed by atoms with E-state index in [1.165, 1.54) is 34.4 Å². The molecular formula is C24H30N4. The van der Waals surface area contributed by atoms with Gasteiger partial charge in [-0.25, -0.2) is 0 Å². The van der Waals surface area contributed by atoms with Gasteiger partial charge in [-0.05, 0) is 63.1 Å². The van der Waals surface area contributed by atoms with Gasteiger partial charge in [-0.2, -0.15) is 0 Å². The van der Waals surface area contributed by atoms with E-state index in [0.717, 1.165) is 25.9 Å². The number of hydrogen-bond acceptors (Lipinski definition) is 4. The van der Waals surface area contributed by atoms with Gasteiger partial charge >= 0.3 is 0 Å². The van der Waals surface area contributed by atoms with Gasteiger partial charge in [0.15, 0.2) is 6.29 Å². The Morgan fingerprint density at radius 3 is 2.64 bits per heavy atom. The van der Waals surface area contributed by atoms with Crippen LogP contribution in [0.2, 0.25) is 0 Å². The van der Waals surface area contributed by atoms with Crippen LogP contribution in [-0.2, 0) is 0 Å². The summed E-state index contributed by atoms with van der Waals surface area (Å²) in [7, 11) is 4.25. The van der Waals surface area contributed by atoms with Crippen LogP contribution in [0, 0.1) is 0 Å². The molecule has 2 atom stereocenters. The second-order valence-electron chi connectivity index (χ2n) is 7.94. The summed E-state index contributed by atoms with van der Waals surface area (Å²) in [6.07, 6.45) is 5.38. The molecule has 0 saturated carbocycles. The molecule has 0 spiro atoms. The van der Waals surface area contributed by atoms with Crippen LogP contribution in [0.25, 0.3) is 5.70 Å². The molecule has 0 fully saturated rings. The first-order valence-electron chi connectivity index (χ1n) is 10.3. The number of aliphatic imine (C=N–C) groups is 1. The second kappa shape index (κ2) is 8.72. The highest BCUT2D eigenvalue weighted by molar-refractivity contribution is 5.94. The molecule has 1 aliphatic carbocycles. The lowest BCUT2D eigenvalue weighted by Crippen LogP contribution is -2.43. The molecule has 2 N–H and O–H groups in total. The number of nitrogens with zero attached hydrogens (tertiary/aromatic N) is 2. The van der Waals surface area contributed by atoms with Crippen molar-refractivity contribution in [3.63, 3.8) is 0 Å². The lowest BCUT2D eigenvalue weighted by atomic mass is 9.77. The second-order valence-corrected chi connectivity index (χ2v) is 7.94. The van der Waals surface area contributed by atoms with E-state index in [9.17, 15) is 0 Å². The Labute approximate surface area is 168 Å². The molecule has 0 amide bonds. The number of allylic oxidation sites excluding steroid dienone is 1. The van der Waals surface area contributed by atoms with Gasteiger partial charge in [0, 0.05) is 23.4 Å². The molecule has 4 nitrogen and oxygen atoms in total. The predicted octanol–water partition coefficient (Wildman–Crippen LogP) is 3.82.